The molecule has 0 aliphatic rings. The lowest BCUT2D eigenvalue weighted by atomic mass is 10.0. The molecule has 36 heavy (non-hydrogen) atoms. The number of hydrogen-bond acceptors (Lipinski definition) is 6. The lowest BCUT2D eigenvalue weighted by Gasteiger charge is -2.09. The predicted octanol–water partition coefficient (Wildman–Crippen LogP) is 7.71. The number of halogens is 3. The molecule has 1 heterocycles. The first-order chi connectivity index (χ1) is 17.0. The highest BCUT2D eigenvalue weighted by atomic mass is 32.1. The molecule has 0 aliphatic heterocycles. The standard InChI is InChI=1S/C27H28F3NO4S/c1-5-6-24(33)35-34-22-13-9-19(15-17(22)4)21(32)12-14-23-25(16(2)3)31-26(36-23)18-7-10-20(11-8-18)27(28,29)30/h7-11,13,15-16H,5-6,12,14H2,1-4H3. The van der Waals surface area contributed by atoms with E-state index in [0.717, 1.165) is 22.7 Å². The number of hydrogen-bond donors (Lipinski definition) is 0. The first-order valence-electron chi connectivity index (χ1n) is 11.7. The van der Waals surface area contributed by atoms with Gasteiger partial charge in [0.25, 0.3) is 0 Å². The van der Waals surface area contributed by atoms with Gasteiger partial charge in [-0.25, -0.2) is 9.78 Å². The number of benzene rings is 2. The van der Waals surface area contributed by atoms with Crippen LogP contribution in [0.2, 0.25) is 0 Å². The van der Waals surface area contributed by atoms with Crippen LogP contribution in [0.4, 0.5) is 13.2 Å². The number of alkyl halides is 3. The quantitative estimate of drug-likeness (QED) is 0.156. The van der Waals surface area contributed by atoms with Crippen molar-refractivity contribution in [3.63, 3.8) is 0 Å². The van der Waals surface area contributed by atoms with Crippen molar-refractivity contribution in [1.82, 2.24) is 4.98 Å². The van der Waals surface area contributed by atoms with Gasteiger partial charge < -0.3 is 0 Å². The number of ketones is 1. The average Bonchev–Trinajstić information content (AvgIpc) is 3.26. The van der Waals surface area contributed by atoms with Crippen molar-refractivity contribution in [3.05, 3.63) is 69.7 Å². The third-order valence-corrected chi connectivity index (χ3v) is 6.67. The van der Waals surface area contributed by atoms with Gasteiger partial charge in [-0.2, -0.15) is 13.2 Å². The summed E-state index contributed by atoms with van der Waals surface area (Å²) in [6.07, 6.45) is -2.76. The third kappa shape index (κ3) is 6.94. The molecule has 3 aromatic rings. The first-order valence-corrected chi connectivity index (χ1v) is 12.5. The molecule has 0 radical (unpaired) electrons. The molecule has 0 fully saturated rings. The Bertz CT molecular complexity index is 1220. The van der Waals surface area contributed by atoms with Gasteiger partial charge in [-0.3, -0.25) is 14.6 Å². The van der Waals surface area contributed by atoms with Crippen LogP contribution in [0.15, 0.2) is 42.5 Å². The molecule has 0 unspecified atom stereocenters. The Morgan fingerprint density at radius 3 is 2.33 bits per heavy atom. The molecule has 192 valence electrons. The van der Waals surface area contributed by atoms with Gasteiger partial charge in [0.05, 0.1) is 11.3 Å². The van der Waals surface area contributed by atoms with Crippen LogP contribution in [0.3, 0.4) is 0 Å². The Hall–Kier alpha value is -3.20. The minimum absolute atomic E-state index is 0.0631. The van der Waals surface area contributed by atoms with Crippen LogP contribution in [0.25, 0.3) is 10.6 Å². The van der Waals surface area contributed by atoms with E-state index < -0.39 is 17.7 Å². The van der Waals surface area contributed by atoms with E-state index in [0.29, 0.717) is 40.3 Å². The van der Waals surface area contributed by atoms with Crippen LogP contribution in [0, 0.1) is 6.92 Å². The molecule has 2 aromatic carbocycles. The van der Waals surface area contributed by atoms with E-state index in [1.807, 2.05) is 20.8 Å². The molecule has 9 heteroatoms. The molecule has 0 saturated heterocycles. The van der Waals surface area contributed by atoms with E-state index >= 15 is 0 Å². The van der Waals surface area contributed by atoms with E-state index in [2.05, 4.69) is 4.98 Å². The summed E-state index contributed by atoms with van der Waals surface area (Å²) in [5.41, 5.74) is 1.92. The highest BCUT2D eigenvalue weighted by molar-refractivity contribution is 7.15. The van der Waals surface area contributed by atoms with Gasteiger partial charge in [-0.1, -0.05) is 32.9 Å². The molecule has 1 aromatic heterocycles. The fourth-order valence-electron chi connectivity index (χ4n) is 3.54. The Kier molecular flexibility index (Phi) is 8.89. The molecule has 0 N–H and O–H groups in total. The molecule has 0 amide bonds. The molecular formula is C27H28F3NO4S. The number of aromatic nitrogens is 1. The minimum atomic E-state index is -4.39. The number of carbonyl (C=O) groups is 2. The summed E-state index contributed by atoms with van der Waals surface area (Å²) in [7, 11) is 0. The van der Waals surface area contributed by atoms with E-state index in [1.54, 1.807) is 25.1 Å². The van der Waals surface area contributed by atoms with Crippen molar-refractivity contribution in [3.8, 4) is 16.3 Å². The Labute approximate surface area is 212 Å². The first kappa shape index (κ1) is 27.4. The largest absolute Gasteiger partial charge is 0.416 e. The molecule has 0 aliphatic carbocycles. The number of rotatable bonds is 10. The maximum absolute atomic E-state index is 12.9. The van der Waals surface area contributed by atoms with Crippen molar-refractivity contribution in [2.24, 2.45) is 0 Å². The zero-order valence-electron chi connectivity index (χ0n) is 20.6. The Morgan fingerprint density at radius 2 is 1.75 bits per heavy atom. The van der Waals surface area contributed by atoms with Crippen LogP contribution in [0.1, 0.15) is 78.0 Å². The number of nitrogens with zero attached hydrogens (tertiary/aromatic N) is 1. The Balaban J connectivity index is 1.70. The topological polar surface area (TPSA) is 65.5 Å². The van der Waals surface area contributed by atoms with E-state index in [-0.39, 0.29) is 24.5 Å². The lowest BCUT2D eigenvalue weighted by Crippen LogP contribution is -2.08. The highest BCUT2D eigenvalue weighted by Crippen LogP contribution is 2.35. The summed E-state index contributed by atoms with van der Waals surface area (Å²) in [4.78, 5) is 39.8. The molecule has 0 saturated carbocycles. The normalized spacial score (nSPS) is 11.6. The van der Waals surface area contributed by atoms with Gasteiger partial charge in [0, 0.05) is 28.8 Å². The van der Waals surface area contributed by atoms with Crippen molar-refractivity contribution in [2.45, 2.75) is 65.5 Å². The number of aryl methyl sites for hydroxylation is 2. The number of Topliss-reactive ketones (excluding diaryl/α,β-unsaturated/α-hetero) is 1. The van der Waals surface area contributed by atoms with E-state index in [9.17, 15) is 22.8 Å². The van der Waals surface area contributed by atoms with Gasteiger partial charge in [-0.15, -0.1) is 11.3 Å². The third-order valence-electron chi connectivity index (χ3n) is 5.49. The second kappa shape index (κ2) is 11.7. The Morgan fingerprint density at radius 1 is 1.06 bits per heavy atom. The monoisotopic (exact) mass is 519 g/mol. The maximum atomic E-state index is 12.9. The van der Waals surface area contributed by atoms with Crippen molar-refractivity contribution < 1.29 is 32.5 Å². The fraction of sp³-hybridized carbons (Fsp3) is 0.370. The lowest BCUT2D eigenvalue weighted by molar-refractivity contribution is -0.214. The van der Waals surface area contributed by atoms with Crippen molar-refractivity contribution in [2.75, 3.05) is 0 Å². The highest BCUT2D eigenvalue weighted by Gasteiger charge is 2.30. The SMILES string of the molecule is CCCC(=O)OOc1ccc(C(=O)CCc2sc(-c3ccc(C(F)(F)F)cc3)nc2C(C)C)cc1C. The zero-order chi connectivity index (χ0) is 26.5. The molecule has 0 atom stereocenters. The van der Waals surface area contributed by atoms with Gasteiger partial charge in [0.15, 0.2) is 11.5 Å². The van der Waals surface area contributed by atoms with E-state index in [4.69, 9.17) is 9.78 Å². The van der Waals surface area contributed by atoms with Gasteiger partial charge in [0.2, 0.25) is 0 Å². The summed E-state index contributed by atoms with van der Waals surface area (Å²) >= 11 is 1.40. The molecule has 3 rings (SSSR count). The summed E-state index contributed by atoms with van der Waals surface area (Å²) in [6, 6.07) is 9.86. The summed E-state index contributed by atoms with van der Waals surface area (Å²) < 4.78 is 38.7. The zero-order valence-corrected chi connectivity index (χ0v) is 21.4. The summed E-state index contributed by atoms with van der Waals surface area (Å²) in [5, 5.41) is 0.629. The second-order valence-corrected chi connectivity index (χ2v) is 9.83. The van der Waals surface area contributed by atoms with Crippen LogP contribution < -0.4 is 4.89 Å². The fourth-order valence-corrected chi connectivity index (χ4v) is 4.77. The molecule has 0 bridgehead atoms. The van der Waals surface area contributed by atoms with Gasteiger partial charge in [0.1, 0.15) is 5.01 Å². The smallest absolute Gasteiger partial charge is 0.294 e. The average molecular weight is 520 g/mol. The van der Waals surface area contributed by atoms with E-state index in [1.165, 1.54) is 23.5 Å². The van der Waals surface area contributed by atoms with Crippen molar-refractivity contribution in [1.29, 1.82) is 0 Å². The van der Waals surface area contributed by atoms with Crippen LogP contribution in [-0.4, -0.2) is 16.7 Å². The van der Waals surface area contributed by atoms with Gasteiger partial charge in [-0.05, 0) is 61.6 Å². The molecule has 0 spiro atoms. The van der Waals surface area contributed by atoms with Crippen molar-refractivity contribution >= 4 is 23.1 Å². The number of thiazole rings is 1. The minimum Gasteiger partial charge on any atom is -0.294 e. The van der Waals surface area contributed by atoms with Crippen LogP contribution >= 0.6 is 11.3 Å². The summed E-state index contributed by atoms with van der Waals surface area (Å²) in [6.45, 7) is 7.60. The molecule has 5 nitrogen and oxygen atoms in total. The summed E-state index contributed by atoms with van der Waals surface area (Å²) in [5.74, 6) is -0.0598. The maximum Gasteiger partial charge on any atom is 0.416 e. The van der Waals surface area contributed by atoms with Crippen LogP contribution in [0.5, 0.6) is 5.75 Å². The molecular weight excluding hydrogens is 491 g/mol. The van der Waals surface area contributed by atoms with Gasteiger partial charge >= 0.3 is 12.1 Å². The second-order valence-electron chi connectivity index (χ2n) is 8.75. The number of carbonyl (C=O) groups excluding carboxylic acids is 2. The predicted molar refractivity (Wildman–Crippen MR) is 132 cm³/mol. The van der Waals surface area contributed by atoms with Crippen LogP contribution in [-0.2, 0) is 22.3 Å².